The minimum absolute atomic E-state index is 0.554. The summed E-state index contributed by atoms with van der Waals surface area (Å²) in [7, 11) is 0. The number of halogens is 1. The second kappa shape index (κ2) is 7.00. The van der Waals surface area contributed by atoms with Gasteiger partial charge in [-0.05, 0) is 12.1 Å². The largest absolute Gasteiger partial charge is 0.475 e. The van der Waals surface area contributed by atoms with Crippen molar-refractivity contribution in [1.82, 2.24) is 14.8 Å². The number of hydrogen-bond acceptors (Lipinski definition) is 5. The second-order valence-electron chi connectivity index (χ2n) is 5.12. The van der Waals surface area contributed by atoms with Gasteiger partial charge in [-0.1, -0.05) is 23.7 Å². The highest BCUT2D eigenvalue weighted by molar-refractivity contribution is 6.30. The SMILES string of the molecule is Nn1nc(-c2ccc(Cl)cc2)cc1OCCN1CCOCC1. The number of aromatic nitrogens is 2. The Bertz CT molecular complexity index is 609. The Balaban J connectivity index is 1.58. The highest BCUT2D eigenvalue weighted by Crippen LogP contribution is 2.23. The summed E-state index contributed by atoms with van der Waals surface area (Å²) < 4.78 is 11.1. The molecule has 2 N–H and O–H groups in total. The fourth-order valence-corrected chi connectivity index (χ4v) is 2.48. The summed E-state index contributed by atoms with van der Waals surface area (Å²) in [5, 5.41) is 4.96. The minimum Gasteiger partial charge on any atom is -0.475 e. The summed E-state index contributed by atoms with van der Waals surface area (Å²) in [4.78, 5) is 3.57. The molecule has 0 unspecified atom stereocenters. The maximum Gasteiger partial charge on any atom is 0.232 e. The van der Waals surface area contributed by atoms with Crippen molar-refractivity contribution in [3.05, 3.63) is 35.4 Å². The Labute approximate surface area is 134 Å². The van der Waals surface area contributed by atoms with Crippen LogP contribution in [0.2, 0.25) is 5.02 Å². The lowest BCUT2D eigenvalue weighted by atomic mass is 10.2. The van der Waals surface area contributed by atoms with Gasteiger partial charge in [-0.15, -0.1) is 9.89 Å². The van der Waals surface area contributed by atoms with Crippen LogP contribution < -0.4 is 10.6 Å². The summed E-state index contributed by atoms with van der Waals surface area (Å²) >= 11 is 5.89. The molecule has 3 rings (SSSR count). The van der Waals surface area contributed by atoms with E-state index in [1.807, 2.05) is 30.3 Å². The Morgan fingerprint density at radius 2 is 1.95 bits per heavy atom. The Morgan fingerprint density at radius 1 is 1.23 bits per heavy atom. The van der Waals surface area contributed by atoms with E-state index in [2.05, 4.69) is 10.00 Å². The van der Waals surface area contributed by atoms with Gasteiger partial charge >= 0.3 is 0 Å². The molecular weight excluding hydrogens is 304 g/mol. The van der Waals surface area contributed by atoms with Gasteiger partial charge in [-0.3, -0.25) is 4.90 Å². The number of nitrogen functional groups attached to an aromatic ring is 1. The van der Waals surface area contributed by atoms with Crippen molar-refractivity contribution in [3.8, 4) is 17.1 Å². The summed E-state index contributed by atoms with van der Waals surface area (Å²) in [5.41, 5.74) is 1.71. The van der Waals surface area contributed by atoms with Crippen molar-refractivity contribution in [2.24, 2.45) is 0 Å². The molecular formula is C15H19ClN4O2. The van der Waals surface area contributed by atoms with Crippen molar-refractivity contribution in [2.75, 3.05) is 45.3 Å². The van der Waals surface area contributed by atoms with E-state index in [9.17, 15) is 0 Å². The molecule has 0 aliphatic carbocycles. The van der Waals surface area contributed by atoms with Crippen molar-refractivity contribution >= 4 is 11.6 Å². The van der Waals surface area contributed by atoms with Crippen molar-refractivity contribution < 1.29 is 9.47 Å². The third kappa shape index (κ3) is 3.71. The van der Waals surface area contributed by atoms with E-state index in [1.165, 1.54) is 4.79 Å². The zero-order valence-electron chi connectivity index (χ0n) is 12.2. The minimum atomic E-state index is 0.554. The number of ether oxygens (including phenoxy) is 2. The summed E-state index contributed by atoms with van der Waals surface area (Å²) in [6.45, 7) is 4.89. The highest BCUT2D eigenvalue weighted by atomic mass is 35.5. The van der Waals surface area contributed by atoms with Crippen LogP contribution in [0.4, 0.5) is 0 Å². The van der Waals surface area contributed by atoms with Crippen molar-refractivity contribution in [2.45, 2.75) is 0 Å². The molecule has 0 spiro atoms. The predicted molar refractivity (Wildman–Crippen MR) is 85.6 cm³/mol. The first-order valence-electron chi connectivity index (χ1n) is 7.26. The predicted octanol–water partition coefficient (Wildman–Crippen LogP) is 1.63. The smallest absolute Gasteiger partial charge is 0.232 e. The number of morpholine rings is 1. The summed E-state index contributed by atoms with van der Waals surface area (Å²) in [6, 6.07) is 9.30. The van der Waals surface area contributed by atoms with Gasteiger partial charge in [0.2, 0.25) is 5.88 Å². The molecule has 1 saturated heterocycles. The molecule has 1 aromatic carbocycles. The van der Waals surface area contributed by atoms with E-state index in [0.717, 1.165) is 44.1 Å². The molecule has 118 valence electrons. The van der Waals surface area contributed by atoms with Crippen LogP contribution in [0.1, 0.15) is 0 Å². The quantitative estimate of drug-likeness (QED) is 0.848. The van der Waals surface area contributed by atoms with E-state index < -0.39 is 0 Å². The second-order valence-corrected chi connectivity index (χ2v) is 5.56. The van der Waals surface area contributed by atoms with Gasteiger partial charge in [-0.2, -0.15) is 0 Å². The molecule has 7 heteroatoms. The molecule has 1 aromatic heterocycles. The van der Waals surface area contributed by atoms with Gasteiger partial charge in [0.25, 0.3) is 0 Å². The van der Waals surface area contributed by atoms with E-state index in [4.69, 9.17) is 26.9 Å². The number of hydrogen-bond donors (Lipinski definition) is 1. The van der Waals surface area contributed by atoms with Crippen LogP contribution in [0.15, 0.2) is 30.3 Å². The van der Waals surface area contributed by atoms with Gasteiger partial charge in [0, 0.05) is 36.3 Å². The molecule has 2 aromatic rings. The van der Waals surface area contributed by atoms with Crippen LogP contribution in [-0.2, 0) is 4.74 Å². The molecule has 0 saturated carbocycles. The number of nitrogens with two attached hydrogens (primary N) is 1. The van der Waals surface area contributed by atoms with Crippen LogP contribution in [0.5, 0.6) is 5.88 Å². The van der Waals surface area contributed by atoms with Crippen LogP contribution >= 0.6 is 11.6 Å². The number of benzene rings is 1. The van der Waals surface area contributed by atoms with Gasteiger partial charge in [0.05, 0.1) is 18.9 Å². The van der Waals surface area contributed by atoms with E-state index in [1.54, 1.807) is 0 Å². The first kappa shape index (κ1) is 15.1. The summed E-state index contributed by atoms with van der Waals surface area (Å²) in [6.07, 6.45) is 0. The normalized spacial score (nSPS) is 15.9. The van der Waals surface area contributed by atoms with Gasteiger partial charge in [-0.25, -0.2) is 0 Å². The number of nitrogens with zero attached hydrogens (tertiary/aromatic N) is 3. The molecule has 6 nitrogen and oxygen atoms in total. The fraction of sp³-hybridized carbons (Fsp3) is 0.400. The van der Waals surface area contributed by atoms with Gasteiger partial charge in [0.15, 0.2) is 0 Å². The molecule has 2 heterocycles. The van der Waals surface area contributed by atoms with Gasteiger partial charge in [0.1, 0.15) is 6.61 Å². The molecule has 0 amide bonds. The maximum absolute atomic E-state index is 5.89. The maximum atomic E-state index is 5.89. The Morgan fingerprint density at radius 3 is 2.68 bits per heavy atom. The lowest BCUT2D eigenvalue weighted by Gasteiger charge is -2.26. The molecule has 0 radical (unpaired) electrons. The summed E-state index contributed by atoms with van der Waals surface area (Å²) in [5.74, 6) is 6.40. The zero-order valence-corrected chi connectivity index (χ0v) is 13.0. The van der Waals surface area contributed by atoms with Crippen LogP contribution in [-0.4, -0.2) is 54.2 Å². The molecule has 1 fully saturated rings. The third-order valence-corrected chi connectivity index (χ3v) is 3.85. The Kier molecular flexibility index (Phi) is 4.82. The van der Waals surface area contributed by atoms with Crippen LogP contribution in [0, 0.1) is 0 Å². The molecule has 0 atom stereocenters. The van der Waals surface area contributed by atoms with E-state index >= 15 is 0 Å². The van der Waals surface area contributed by atoms with E-state index in [-0.39, 0.29) is 0 Å². The van der Waals surface area contributed by atoms with Gasteiger partial charge < -0.3 is 15.3 Å². The first-order valence-corrected chi connectivity index (χ1v) is 7.64. The standard InChI is InChI=1S/C15H19ClN4O2/c16-13-3-1-12(2-4-13)14-11-15(20(17)18-14)22-10-7-19-5-8-21-9-6-19/h1-4,11H,5-10,17H2. The topological polar surface area (TPSA) is 65.5 Å². The zero-order chi connectivity index (χ0) is 15.4. The molecule has 1 aliphatic heterocycles. The fourth-order valence-electron chi connectivity index (χ4n) is 2.35. The average Bonchev–Trinajstić information content (AvgIpc) is 2.90. The van der Waals surface area contributed by atoms with Crippen LogP contribution in [0.3, 0.4) is 0 Å². The van der Waals surface area contributed by atoms with Crippen molar-refractivity contribution in [1.29, 1.82) is 0 Å². The highest BCUT2D eigenvalue weighted by Gasteiger charge is 2.12. The monoisotopic (exact) mass is 322 g/mol. The number of rotatable bonds is 5. The Hall–Kier alpha value is -1.76. The average molecular weight is 323 g/mol. The van der Waals surface area contributed by atoms with E-state index in [0.29, 0.717) is 17.5 Å². The molecule has 1 aliphatic rings. The van der Waals surface area contributed by atoms with Crippen molar-refractivity contribution in [3.63, 3.8) is 0 Å². The first-order chi connectivity index (χ1) is 10.7. The third-order valence-electron chi connectivity index (χ3n) is 3.60. The molecule has 22 heavy (non-hydrogen) atoms. The lowest BCUT2D eigenvalue weighted by Crippen LogP contribution is -2.38. The molecule has 0 bridgehead atoms. The lowest BCUT2D eigenvalue weighted by molar-refractivity contribution is 0.0318. The van der Waals surface area contributed by atoms with Crippen LogP contribution in [0.25, 0.3) is 11.3 Å².